The van der Waals surface area contributed by atoms with Crippen molar-refractivity contribution in [2.45, 2.75) is 32.0 Å². The topological polar surface area (TPSA) is 72.4 Å². The van der Waals surface area contributed by atoms with E-state index in [0.717, 1.165) is 18.7 Å². The number of carboxylic acid groups (broad SMARTS) is 1. The average Bonchev–Trinajstić information content (AvgIpc) is 2.75. The van der Waals surface area contributed by atoms with Gasteiger partial charge in [0.05, 0.1) is 12.1 Å². The lowest BCUT2D eigenvalue weighted by Gasteiger charge is -2.10. The Balaban J connectivity index is 0.000000203. The first-order chi connectivity index (χ1) is 13.6. The summed E-state index contributed by atoms with van der Waals surface area (Å²) in [4.78, 5) is 10.2. The molecule has 3 rings (SSSR count). The number of benzene rings is 3. The van der Waals surface area contributed by atoms with Gasteiger partial charge in [-0.2, -0.15) is 0 Å². The maximum absolute atomic E-state index is 10.2. The molecule has 4 nitrogen and oxygen atoms in total. The van der Waals surface area contributed by atoms with Gasteiger partial charge in [0.2, 0.25) is 0 Å². The number of aliphatic hydroxyl groups excluding tert-OH is 1. The number of carboxylic acids is 1. The molecule has 0 spiro atoms. The second-order valence-corrected chi connectivity index (χ2v) is 6.43. The van der Waals surface area contributed by atoms with Crippen LogP contribution in [-0.2, 0) is 24.3 Å². The number of nitrogens with one attached hydrogen (secondary N) is 1. The van der Waals surface area contributed by atoms with Crippen LogP contribution in [0.4, 0.5) is 0 Å². The fourth-order valence-corrected chi connectivity index (χ4v) is 2.61. The summed E-state index contributed by atoms with van der Waals surface area (Å²) < 4.78 is 0. The number of hydrogen-bond acceptors (Lipinski definition) is 4. The van der Waals surface area contributed by atoms with Gasteiger partial charge in [0, 0.05) is 13.1 Å². The standard InChI is InChI=1S/C14H15N.C10H12O3/c1-3-7-13(8-4-1)11-15-12-14-9-5-2-6-10-14;11-9(10(12)13)7-6-8-4-2-1-3-5-8/h1-10,15H,11-12H2;1-5,9,11H,6-7H2,(H,12,13)/p-1. The van der Waals surface area contributed by atoms with Gasteiger partial charge in [-0.1, -0.05) is 91.0 Å². The molecule has 0 aliphatic heterocycles. The Morgan fingerprint density at radius 3 is 1.54 bits per heavy atom. The van der Waals surface area contributed by atoms with Crippen molar-refractivity contribution in [2.75, 3.05) is 0 Å². The van der Waals surface area contributed by atoms with Gasteiger partial charge >= 0.3 is 0 Å². The summed E-state index contributed by atoms with van der Waals surface area (Å²) in [7, 11) is 0. The quantitative estimate of drug-likeness (QED) is 0.634. The van der Waals surface area contributed by atoms with Crippen LogP contribution in [0, 0.1) is 0 Å². The van der Waals surface area contributed by atoms with Gasteiger partial charge in [0.25, 0.3) is 0 Å². The van der Waals surface area contributed by atoms with E-state index in [0.29, 0.717) is 6.42 Å². The molecule has 0 amide bonds. The number of aliphatic hydroxyl groups is 1. The van der Waals surface area contributed by atoms with E-state index < -0.39 is 12.1 Å². The van der Waals surface area contributed by atoms with Gasteiger partial charge in [-0.05, 0) is 29.5 Å². The minimum absolute atomic E-state index is 0.201. The fraction of sp³-hybridized carbons (Fsp3) is 0.208. The van der Waals surface area contributed by atoms with E-state index in [9.17, 15) is 9.90 Å². The van der Waals surface area contributed by atoms with Crippen LogP contribution in [0.1, 0.15) is 23.1 Å². The van der Waals surface area contributed by atoms with Gasteiger partial charge in [-0.25, -0.2) is 0 Å². The molecule has 0 saturated heterocycles. The average molecular weight is 376 g/mol. The third kappa shape index (κ3) is 8.62. The highest BCUT2D eigenvalue weighted by Gasteiger charge is 2.04. The molecule has 0 aromatic heterocycles. The summed E-state index contributed by atoms with van der Waals surface area (Å²) in [6.07, 6.45) is -0.609. The smallest absolute Gasteiger partial charge is 0.0936 e. The summed E-state index contributed by atoms with van der Waals surface area (Å²) in [5, 5.41) is 22.5. The summed E-state index contributed by atoms with van der Waals surface area (Å²) in [5.74, 6) is -1.41. The van der Waals surface area contributed by atoms with E-state index >= 15 is 0 Å². The molecule has 0 aliphatic carbocycles. The van der Waals surface area contributed by atoms with E-state index in [2.05, 4.69) is 53.8 Å². The lowest BCUT2D eigenvalue weighted by atomic mass is 10.1. The van der Waals surface area contributed by atoms with Crippen molar-refractivity contribution in [3.63, 3.8) is 0 Å². The minimum atomic E-state index is -1.41. The Bertz CT molecular complexity index is 752. The maximum Gasteiger partial charge on any atom is 0.0936 e. The van der Waals surface area contributed by atoms with Gasteiger partial charge < -0.3 is 20.3 Å². The van der Waals surface area contributed by atoms with Crippen molar-refractivity contribution in [1.82, 2.24) is 5.32 Å². The molecule has 0 aliphatic rings. The number of carbonyl (C=O) groups excluding carboxylic acids is 1. The van der Waals surface area contributed by atoms with Gasteiger partial charge in [-0.3, -0.25) is 0 Å². The van der Waals surface area contributed by atoms with Gasteiger partial charge in [-0.15, -0.1) is 0 Å². The molecule has 1 atom stereocenters. The molecule has 0 fully saturated rings. The molecule has 1 unspecified atom stereocenters. The largest absolute Gasteiger partial charge is 0.547 e. The Labute approximate surface area is 166 Å². The normalized spacial score (nSPS) is 11.2. The molecule has 0 bridgehead atoms. The summed E-state index contributed by atoms with van der Waals surface area (Å²) in [5.41, 5.74) is 3.67. The molecule has 28 heavy (non-hydrogen) atoms. The van der Waals surface area contributed by atoms with Gasteiger partial charge in [0.15, 0.2) is 0 Å². The summed E-state index contributed by atoms with van der Waals surface area (Å²) >= 11 is 0. The van der Waals surface area contributed by atoms with Crippen LogP contribution < -0.4 is 10.4 Å². The van der Waals surface area contributed by atoms with Crippen molar-refractivity contribution < 1.29 is 15.0 Å². The van der Waals surface area contributed by atoms with Crippen LogP contribution in [-0.4, -0.2) is 17.2 Å². The second-order valence-electron chi connectivity index (χ2n) is 6.43. The van der Waals surface area contributed by atoms with Crippen LogP contribution in [0.2, 0.25) is 0 Å². The lowest BCUT2D eigenvalue weighted by molar-refractivity contribution is -0.315. The Kier molecular flexibility index (Phi) is 9.49. The highest BCUT2D eigenvalue weighted by atomic mass is 16.4. The zero-order valence-corrected chi connectivity index (χ0v) is 15.8. The Hall–Kier alpha value is -2.95. The van der Waals surface area contributed by atoms with E-state index in [1.165, 1.54) is 11.1 Å². The Morgan fingerprint density at radius 2 is 1.14 bits per heavy atom. The van der Waals surface area contributed by atoms with Crippen molar-refractivity contribution in [3.05, 3.63) is 108 Å². The SMILES string of the molecule is O=C([O-])C(O)CCc1ccccc1.c1ccc(CNCc2ccccc2)cc1. The van der Waals surface area contributed by atoms with E-state index in [1.807, 2.05) is 42.5 Å². The Morgan fingerprint density at radius 1 is 0.750 bits per heavy atom. The third-order valence-corrected chi connectivity index (χ3v) is 4.17. The highest BCUT2D eigenvalue weighted by molar-refractivity contribution is 5.69. The van der Waals surface area contributed by atoms with Crippen molar-refractivity contribution >= 4 is 5.97 Å². The molecular formula is C24H26NO3-. The van der Waals surface area contributed by atoms with Crippen LogP contribution in [0.25, 0.3) is 0 Å². The predicted octanol–water partition coefficient (Wildman–Crippen LogP) is 2.71. The number of aryl methyl sites for hydroxylation is 1. The highest BCUT2D eigenvalue weighted by Crippen LogP contribution is 2.04. The van der Waals surface area contributed by atoms with Crippen molar-refractivity contribution in [2.24, 2.45) is 0 Å². The fourth-order valence-electron chi connectivity index (χ4n) is 2.61. The molecule has 0 radical (unpaired) electrons. The zero-order chi connectivity index (χ0) is 20.0. The predicted molar refractivity (Wildman–Crippen MR) is 109 cm³/mol. The van der Waals surface area contributed by atoms with Crippen LogP contribution in [0.15, 0.2) is 91.0 Å². The van der Waals surface area contributed by atoms with Crippen LogP contribution >= 0.6 is 0 Å². The van der Waals surface area contributed by atoms with E-state index in [4.69, 9.17) is 5.11 Å². The van der Waals surface area contributed by atoms with E-state index in [1.54, 1.807) is 0 Å². The number of aliphatic carboxylic acids is 1. The molecule has 3 aromatic carbocycles. The maximum atomic E-state index is 10.2. The zero-order valence-electron chi connectivity index (χ0n) is 15.8. The monoisotopic (exact) mass is 376 g/mol. The first kappa shape index (κ1) is 21.4. The lowest BCUT2D eigenvalue weighted by Crippen LogP contribution is -2.35. The van der Waals surface area contributed by atoms with Gasteiger partial charge in [0.1, 0.15) is 0 Å². The third-order valence-electron chi connectivity index (χ3n) is 4.17. The number of carbonyl (C=O) groups is 1. The molecule has 4 heteroatoms. The molecular weight excluding hydrogens is 350 g/mol. The van der Waals surface area contributed by atoms with Crippen LogP contribution in [0.3, 0.4) is 0 Å². The first-order valence-corrected chi connectivity index (χ1v) is 9.36. The van der Waals surface area contributed by atoms with Crippen molar-refractivity contribution in [3.8, 4) is 0 Å². The molecule has 2 N–H and O–H groups in total. The summed E-state index contributed by atoms with van der Waals surface area (Å²) in [6.45, 7) is 1.85. The minimum Gasteiger partial charge on any atom is -0.547 e. The molecule has 3 aromatic rings. The first-order valence-electron chi connectivity index (χ1n) is 9.36. The van der Waals surface area contributed by atoms with E-state index in [-0.39, 0.29) is 6.42 Å². The second kappa shape index (κ2) is 12.4. The summed E-state index contributed by atoms with van der Waals surface area (Å²) in [6, 6.07) is 30.3. The molecule has 0 heterocycles. The number of hydrogen-bond donors (Lipinski definition) is 2. The number of rotatable bonds is 8. The molecule has 0 saturated carbocycles. The van der Waals surface area contributed by atoms with Crippen molar-refractivity contribution in [1.29, 1.82) is 0 Å². The van der Waals surface area contributed by atoms with Crippen LogP contribution in [0.5, 0.6) is 0 Å². The molecule has 146 valence electrons.